The average molecular weight is 349 g/mol. The quantitative estimate of drug-likeness (QED) is 0.736. The van der Waals surface area contributed by atoms with Crippen molar-refractivity contribution in [1.82, 2.24) is 14.9 Å². The van der Waals surface area contributed by atoms with E-state index in [0.29, 0.717) is 17.9 Å². The van der Waals surface area contributed by atoms with Gasteiger partial charge in [0.25, 0.3) is 5.91 Å². The van der Waals surface area contributed by atoms with E-state index in [-0.39, 0.29) is 11.9 Å². The largest absolute Gasteiger partial charge is 0.486 e. The molecule has 0 saturated heterocycles. The molecule has 1 aromatic heterocycles. The molecule has 5 nitrogen and oxygen atoms in total. The highest BCUT2D eigenvalue weighted by Crippen LogP contribution is 2.18. The van der Waals surface area contributed by atoms with Crippen LogP contribution in [-0.2, 0) is 13.7 Å². The Labute approximate surface area is 153 Å². The molecule has 0 saturated carbocycles. The van der Waals surface area contributed by atoms with Crippen LogP contribution in [0.15, 0.2) is 60.9 Å². The van der Waals surface area contributed by atoms with Crippen molar-refractivity contribution in [1.29, 1.82) is 0 Å². The van der Waals surface area contributed by atoms with E-state index >= 15 is 0 Å². The lowest BCUT2D eigenvalue weighted by Crippen LogP contribution is -2.27. The fourth-order valence-corrected chi connectivity index (χ4v) is 2.82. The van der Waals surface area contributed by atoms with Crippen molar-refractivity contribution in [2.45, 2.75) is 26.5 Å². The number of ether oxygens (including phenoxy) is 1. The summed E-state index contributed by atoms with van der Waals surface area (Å²) in [5, 5.41) is 3.04. The smallest absolute Gasteiger partial charge is 0.251 e. The van der Waals surface area contributed by atoms with Gasteiger partial charge in [-0.15, -0.1) is 0 Å². The second kappa shape index (κ2) is 7.87. The monoisotopic (exact) mass is 349 g/mol. The Morgan fingerprint density at radius 3 is 2.58 bits per heavy atom. The molecule has 2 aromatic carbocycles. The highest BCUT2D eigenvalue weighted by Gasteiger charge is 2.13. The van der Waals surface area contributed by atoms with Gasteiger partial charge in [0, 0.05) is 25.0 Å². The second-order valence-electron chi connectivity index (χ2n) is 6.32. The fourth-order valence-electron chi connectivity index (χ4n) is 2.82. The van der Waals surface area contributed by atoms with Gasteiger partial charge in [0.05, 0.1) is 6.04 Å². The van der Waals surface area contributed by atoms with Crippen LogP contribution in [0.5, 0.6) is 5.75 Å². The van der Waals surface area contributed by atoms with Crippen LogP contribution in [0.2, 0.25) is 0 Å². The molecular weight excluding hydrogens is 326 g/mol. The van der Waals surface area contributed by atoms with Gasteiger partial charge >= 0.3 is 0 Å². The minimum atomic E-state index is -0.101. The average Bonchev–Trinajstić information content (AvgIpc) is 3.05. The number of aromatic nitrogens is 2. The van der Waals surface area contributed by atoms with Crippen LogP contribution < -0.4 is 10.1 Å². The summed E-state index contributed by atoms with van der Waals surface area (Å²) in [6, 6.07) is 15.2. The van der Waals surface area contributed by atoms with Gasteiger partial charge in [0.1, 0.15) is 18.2 Å². The predicted octanol–water partition coefficient (Wildman–Crippen LogP) is 3.80. The van der Waals surface area contributed by atoms with E-state index in [1.165, 1.54) is 5.56 Å². The lowest BCUT2D eigenvalue weighted by atomic mass is 10.0. The van der Waals surface area contributed by atoms with Crippen LogP contribution in [0.1, 0.15) is 40.3 Å². The maximum absolute atomic E-state index is 12.5. The number of carbonyl (C=O) groups excluding carboxylic acids is 1. The summed E-state index contributed by atoms with van der Waals surface area (Å²) in [5.41, 5.74) is 2.89. The molecule has 5 heteroatoms. The summed E-state index contributed by atoms with van der Waals surface area (Å²) in [6.07, 6.45) is 3.61. The van der Waals surface area contributed by atoms with Crippen LogP contribution in [-0.4, -0.2) is 15.5 Å². The highest BCUT2D eigenvalue weighted by molar-refractivity contribution is 5.94. The van der Waals surface area contributed by atoms with E-state index in [9.17, 15) is 4.79 Å². The van der Waals surface area contributed by atoms with Gasteiger partial charge in [-0.3, -0.25) is 4.79 Å². The third kappa shape index (κ3) is 4.11. The molecule has 0 bridgehead atoms. The van der Waals surface area contributed by atoms with Crippen molar-refractivity contribution in [2.24, 2.45) is 7.05 Å². The standard InChI is InChI=1S/C21H23N3O2/c1-15-6-4-5-7-19(15)16(2)23-21(25)17-8-10-18(11-9-17)26-14-20-22-12-13-24(20)3/h4-13,16H,14H2,1-3H3,(H,23,25)/t16-/m1/s1. The number of rotatable bonds is 6. The zero-order chi connectivity index (χ0) is 18.5. The Morgan fingerprint density at radius 2 is 1.92 bits per heavy atom. The summed E-state index contributed by atoms with van der Waals surface area (Å²) in [4.78, 5) is 16.7. The van der Waals surface area contributed by atoms with Gasteiger partial charge in [-0.2, -0.15) is 0 Å². The zero-order valence-electron chi connectivity index (χ0n) is 15.3. The third-order valence-electron chi connectivity index (χ3n) is 4.41. The maximum atomic E-state index is 12.5. The molecule has 134 valence electrons. The molecule has 0 aliphatic carbocycles. The van der Waals surface area contributed by atoms with Gasteiger partial charge in [-0.25, -0.2) is 4.98 Å². The first-order valence-corrected chi connectivity index (χ1v) is 8.60. The molecule has 3 aromatic rings. The lowest BCUT2D eigenvalue weighted by molar-refractivity contribution is 0.0940. The van der Waals surface area contributed by atoms with Gasteiger partial charge in [0.2, 0.25) is 0 Å². The Kier molecular flexibility index (Phi) is 5.37. The van der Waals surface area contributed by atoms with Gasteiger partial charge < -0.3 is 14.6 Å². The van der Waals surface area contributed by atoms with Gasteiger partial charge in [-0.05, 0) is 49.2 Å². The first kappa shape index (κ1) is 17.7. The van der Waals surface area contributed by atoms with E-state index in [1.54, 1.807) is 30.5 Å². The molecule has 26 heavy (non-hydrogen) atoms. The molecule has 0 spiro atoms. The molecule has 0 aliphatic rings. The summed E-state index contributed by atoms with van der Waals surface area (Å²) >= 11 is 0. The van der Waals surface area contributed by atoms with Crippen LogP contribution in [0.25, 0.3) is 0 Å². The molecule has 0 radical (unpaired) electrons. The van der Waals surface area contributed by atoms with Crippen LogP contribution >= 0.6 is 0 Å². The number of carbonyl (C=O) groups is 1. The number of hydrogen-bond donors (Lipinski definition) is 1. The lowest BCUT2D eigenvalue weighted by Gasteiger charge is -2.16. The SMILES string of the molecule is Cc1ccccc1[C@@H](C)NC(=O)c1ccc(OCc2nccn2C)cc1. The summed E-state index contributed by atoms with van der Waals surface area (Å²) < 4.78 is 7.63. The molecule has 3 rings (SSSR count). The summed E-state index contributed by atoms with van der Waals surface area (Å²) in [7, 11) is 1.93. The Balaban J connectivity index is 1.60. The number of amides is 1. The van der Waals surface area contributed by atoms with Crippen molar-refractivity contribution in [2.75, 3.05) is 0 Å². The highest BCUT2D eigenvalue weighted by atomic mass is 16.5. The first-order chi connectivity index (χ1) is 12.5. The number of nitrogens with one attached hydrogen (secondary N) is 1. The molecule has 1 atom stereocenters. The topological polar surface area (TPSA) is 56.1 Å². The van der Waals surface area contributed by atoms with E-state index in [1.807, 2.05) is 55.9 Å². The van der Waals surface area contributed by atoms with Crippen molar-refractivity contribution in [3.8, 4) is 5.75 Å². The van der Waals surface area contributed by atoms with Crippen LogP contribution in [0, 0.1) is 6.92 Å². The number of imidazole rings is 1. The first-order valence-electron chi connectivity index (χ1n) is 8.60. The van der Waals surface area contributed by atoms with Crippen molar-refractivity contribution < 1.29 is 9.53 Å². The fraction of sp³-hybridized carbons (Fsp3) is 0.238. The number of benzene rings is 2. The number of nitrogens with zero attached hydrogens (tertiary/aromatic N) is 2. The van der Waals surface area contributed by atoms with Crippen molar-refractivity contribution in [3.05, 3.63) is 83.4 Å². The van der Waals surface area contributed by atoms with E-state index in [4.69, 9.17) is 4.74 Å². The Hall–Kier alpha value is -3.08. The number of hydrogen-bond acceptors (Lipinski definition) is 3. The molecule has 0 fully saturated rings. The normalized spacial score (nSPS) is 11.8. The second-order valence-corrected chi connectivity index (χ2v) is 6.32. The molecule has 1 amide bonds. The maximum Gasteiger partial charge on any atom is 0.251 e. The molecule has 0 aliphatic heterocycles. The third-order valence-corrected chi connectivity index (χ3v) is 4.41. The van der Waals surface area contributed by atoms with E-state index in [2.05, 4.69) is 10.3 Å². The minimum Gasteiger partial charge on any atom is -0.486 e. The summed E-state index contributed by atoms with van der Waals surface area (Å²) in [6.45, 7) is 4.43. The molecule has 1 N–H and O–H groups in total. The minimum absolute atomic E-state index is 0.0527. The van der Waals surface area contributed by atoms with E-state index in [0.717, 1.165) is 11.4 Å². The summed E-state index contributed by atoms with van der Waals surface area (Å²) in [5.74, 6) is 1.45. The van der Waals surface area contributed by atoms with Crippen molar-refractivity contribution >= 4 is 5.91 Å². The van der Waals surface area contributed by atoms with Crippen LogP contribution in [0.4, 0.5) is 0 Å². The van der Waals surface area contributed by atoms with E-state index < -0.39 is 0 Å². The Morgan fingerprint density at radius 1 is 1.19 bits per heavy atom. The number of aryl methyl sites for hydroxylation is 2. The zero-order valence-corrected chi connectivity index (χ0v) is 15.3. The van der Waals surface area contributed by atoms with Gasteiger partial charge in [0.15, 0.2) is 0 Å². The molecular formula is C21H23N3O2. The molecule has 0 unspecified atom stereocenters. The van der Waals surface area contributed by atoms with Crippen LogP contribution in [0.3, 0.4) is 0 Å². The molecule has 1 heterocycles. The predicted molar refractivity (Wildman–Crippen MR) is 101 cm³/mol. The van der Waals surface area contributed by atoms with Gasteiger partial charge in [-0.1, -0.05) is 24.3 Å². The Bertz CT molecular complexity index is 884. The van der Waals surface area contributed by atoms with Crippen molar-refractivity contribution in [3.63, 3.8) is 0 Å².